The molecule has 1 N–H and O–H groups in total. The van der Waals surface area contributed by atoms with Crippen molar-refractivity contribution < 1.29 is 9.90 Å². The maximum atomic E-state index is 11.2. The first-order chi connectivity index (χ1) is 14.7. The second kappa shape index (κ2) is 9.07. The first kappa shape index (κ1) is 20.1. The Morgan fingerprint density at radius 2 is 1.03 bits per heavy atom. The van der Waals surface area contributed by atoms with Crippen molar-refractivity contribution in [3.05, 3.63) is 126 Å². The molecule has 0 spiro atoms. The monoisotopic (exact) mass is 411 g/mol. The zero-order valence-corrected chi connectivity index (χ0v) is 17.6. The van der Waals surface area contributed by atoms with E-state index in [9.17, 15) is 9.90 Å². The molecule has 4 rings (SSSR count). The molecule has 0 saturated heterocycles. The second-order valence-corrected chi connectivity index (χ2v) is 10.8. The molecule has 0 bridgehead atoms. The molecule has 0 amide bonds. The fourth-order valence-electron chi connectivity index (χ4n) is 4.05. The van der Waals surface area contributed by atoms with Gasteiger partial charge in [0.25, 0.3) is 0 Å². The van der Waals surface area contributed by atoms with Gasteiger partial charge in [-0.05, 0) is 47.5 Å². The molecular weight excluding hydrogens is 387 g/mol. The molecule has 0 aromatic heterocycles. The highest BCUT2D eigenvalue weighted by Gasteiger charge is 2.45. The van der Waals surface area contributed by atoms with Crippen molar-refractivity contribution in [2.45, 2.75) is 12.6 Å². The minimum Gasteiger partial charge on any atom is -0.481 e. The molecule has 2 nitrogen and oxygen atoms in total. The predicted molar refractivity (Wildman–Crippen MR) is 127 cm³/mol. The Balaban J connectivity index is 1.93. The predicted octanol–water partition coefficient (Wildman–Crippen LogP) is 4.81. The quantitative estimate of drug-likeness (QED) is 0.443. The van der Waals surface area contributed by atoms with Gasteiger partial charge >= 0.3 is 5.97 Å². The zero-order chi connectivity index (χ0) is 20.8. The summed E-state index contributed by atoms with van der Waals surface area (Å²) in [6, 6.07) is 40.2. The van der Waals surface area contributed by atoms with Crippen LogP contribution >= 0.6 is 7.26 Å². The summed E-state index contributed by atoms with van der Waals surface area (Å²) in [7, 11) is -1.98. The van der Waals surface area contributed by atoms with Gasteiger partial charge in [-0.1, -0.05) is 78.9 Å². The lowest BCUT2D eigenvalue weighted by atomic mass is 10.1. The average molecular weight is 411 g/mol. The fraction of sp³-hybridized carbons (Fsp3) is 0.0741. The van der Waals surface area contributed by atoms with Gasteiger partial charge in [0, 0.05) is 0 Å². The molecule has 0 aliphatic rings. The molecule has 3 heteroatoms. The summed E-state index contributed by atoms with van der Waals surface area (Å²) in [5.74, 6) is -0.803. The highest BCUT2D eigenvalue weighted by molar-refractivity contribution is 7.95. The number of hydrogen-bond donors (Lipinski definition) is 1. The Morgan fingerprint density at radius 1 is 0.600 bits per heavy atom. The SMILES string of the molecule is O=C(O)Cc1cccc(C[P+](c2ccccc2)(c2ccccc2)c2ccccc2)c1. The maximum absolute atomic E-state index is 11.2. The topological polar surface area (TPSA) is 37.3 Å². The van der Waals surface area contributed by atoms with E-state index >= 15 is 0 Å². The van der Waals surface area contributed by atoms with Gasteiger partial charge in [0.1, 0.15) is 23.2 Å². The van der Waals surface area contributed by atoms with Crippen molar-refractivity contribution in [3.8, 4) is 0 Å². The molecule has 0 aliphatic heterocycles. The molecule has 4 aromatic carbocycles. The zero-order valence-electron chi connectivity index (χ0n) is 16.7. The smallest absolute Gasteiger partial charge is 0.307 e. The Labute approximate surface area is 178 Å². The normalized spacial score (nSPS) is 11.2. The number of carbonyl (C=O) groups is 1. The van der Waals surface area contributed by atoms with E-state index in [1.165, 1.54) is 21.5 Å². The summed E-state index contributed by atoms with van der Waals surface area (Å²) >= 11 is 0. The number of rotatable bonds is 7. The number of carboxylic acid groups (broad SMARTS) is 1. The highest BCUT2D eigenvalue weighted by atomic mass is 31.2. The molecule has 0 aliphatic carbocycles. The van der Waals surface area contributed by atoms with Crippen molar-refractivity contribution in [2.75, 3.05) is 0 Å². The minimum atomic E-state index is -1.98. The van der Waals surface area contributed by atoms with E-state index in [0.29, 0.717) is 0 Å². The maximum Gasteiger partial charge on any atom is 0.307 e. The third-order valence-corrected chi connectivity index (χ3v) is 9.74. The first-order valence-corrected chi connectivity index (χ1v) is 12.0. The van der Waals surface area contributed by atoms with E-state index in [4.69, 9.17) is 0 Å². The molecule has 30 heavy (non-hydrogen) atoms. The molecular formula is C27H24O2P+. The Kier molecular flexibility index (Phi) is 6.07. The van der Waals surface area contributed by atoms with E-state index in [1.54, 1.807) is 0 Å². The average Bonchev–Trinajstić information content (AvgIpc) is 2.79. The molecule has 0 saturated carbocycles. The van der Waals surface area contributed by atoms with Crippen LogP contribution in [0.25, 0.3) is 0 Å². The number of benzene rings is 4. The van der Waals surface area contributed by atoms with Crippen LogP contribution < -0.4 is 15.9 Å². The van der Waals surface area contributed by atoms with Crippen LogP contribution in [-0.2, 0) is 17.4 Å². The molecule has 0 heterocycles. The first-order valence-electron chi connectivity index (χ1n) is 10.0. The van der Waals surface area contributed by atoms with Gasteiger partial charge in [0.05, 0.1) is 12.6 Å². The Morgan fingerprint density at radius 3 is 1.47 bits per heavy atom. The van der Waals surface area contributed by atoms with Gasteiger partial charge in [-0.3, -0.25) is 4.79 Å². The fourth-order valence-corrected chi connectivity index (χ4v) is 8.28. The standard InChI is InChI=1S/C27H23O2P/c28-27(29)20-22-11-10-12-23(19-22)21-30(24-13-4-1-5-14-24,25-15-6-2-7-16-25)26-17-8-3-9-18-26/h1-19H,20-21H2/p+1. The lowest BCUT2D eigenvalue weighted by Crippen LogP contribution is -2.32. The summed E-state index contributed by atoms with van der Waals surface area (Å²) in [6.45, 7) is 0. The van der Waals surface area contributed by atoms with Crippen molar-refractivity contribution in [1.82, 2.24) is 0 Å². The summed E-state index contributed by atoms with van der Waals surface area (Å²) in [5.41, 5.74) is 2.01. The molecule has 4 aromatic rings. The van der Waals surface area contributed by atoms with E-state index in [0.717, 1.165) is 11.7 Å². The van der Waals surface area contributed by atoms with Gasteiger partial charge in [0.15, 0.2) is 0 Å². The third kappa shape index (κ3) is 4.20. The van der Waals surface area contributed by atoms with Crippen LogP contribution in [0.1, 0.15) is 11.1 Å². The molecule has 0 atom stereocenters. The number of aliphatic carboxylic acids is 1. The largest absolute Gasteiger partial charge is 0.481 e. The van der Waals surface area contributed by atoms with Gasteiger partial charge < -0.3 is 5.11 Å². The van der Waals surface area contributed by atoms with Crippen LogP contribution in [0, 0.1) is 0 Å². The van der Waals surface area contributed by atoms with Crippen LogP contribution in [-0.4, -0.2) is 11.1 Å². The van der Waals surface area contributed by atoms with Crippen LogP contribution in [0.3, 0.4) is 0 Å². The Bertz CT molecular complexity index is 1010. The van der Waals surface area contributed by atoms with Gasteiger partial charge in [-0.25, -0.2) is 0 Å². The van der Waals surface area contributed by atoms with Gasteiger partial charge in [-0.2, -0.15) is 0 Å². The van der Waals surface area contributed by atoms with E-state index in [-0.39, 0.29) is 6.42 Å². The van der Waals surface area contributed by atoms with Crippen LogP contribution in [0.15, 0.2) is 115 Å². The van der Waals surface area contributed by atoms with E-state index in [2.05, 4.69) is 103 Å². The van der Waals surface area contributed by atoms with Crippen LogP contribution in [0.5, 0.6) is 0 Å². The van der Waals surface area contributed by atoms with E-state index in [1.807, 2.05) is 12.1 Å². The molecule has 148 valence electrons. The van der Waals surface area contributed by atoms with E-state index < -0.39 is 13.2 Å². The lowest BCUT2D eigenvalue weighted by Gasteiger charge is -2.28. The second-order valence-electron chi connectivity index (χ2n) is 7.36. The number of hydrogen-bond acceptors (Lipinski definition) is 1. The molecule has 0 radical (unpaired) electrons. The number of carboxylic acids is 1. The third-order valence-electron chi connectivity index (χ3n) is 5.36. The van der Waals surface area contributed by atoms with Gasteiger partial charge in [0.2, 0.25) is 0 Å². The van der Waals surface area contributed by atoms with Crippen molar-refractivity contribution in [3.63, 3.8) is 0 Å². The summed E-state index contributed by atoms with van der Waals surface area (Å²) < 4.78 is 0. The van der Waals surface area contributed by atoms with Crippen molar-refractivity contribution in [1.29, 1.82) is 0 Å². The highest BCUT2D eigenvalue weighted by Crippen LogP contribution is 2.58. The summed E-state index contributed by atoms with van der Waals surface area (Å²) in [4.78, 5) is 11.2. The van der Waals surface area contributed by atoms with Crippen molar-refractivity contribution >= 4 is 29.1 Å². The van der Waals surface area contributed by atoms with Gasteiger partial charge in [-0.15, -0.1) is 0 Å². The summed E-state index contributed by atoms with van der Waals surface area (Å²) in [6.07, 6.45) is 0.889. The molecule has 0 unspecified atom stereocenters. The summed E-state index contributed by atoms with van der Waals surface area (Å²) in [5, 5.41) is 13.2. The lowest BCUT2D eigenvalue weighted by molar-refractivity contribution is -0.136. The van der Waals surface area contributed by atoms with Crippen LogP contribution in [0.2, 0.25) is 0 Å². The van der Waals surface area contributed by atoms with Crippen molar-refractivity contribution in [2.24, 2.45) is 0 Å². The Hall–Kier alpha value is -3.22. The minimum absolute atomic E-state index is 0.0430. The van der Waals surface area contributed by atoms with Crippen LogP contribution in [0.4, 0.5) is 0 Å². The molecule has 0 fully saturated rings.